The summed E-state index contributed by atoms with van der Waals surface area (Å²) in [5.41, 5.74) is 9.73. The molecule has 0 radical (unpaired) electrons. The monoisotopic (exact) mass is 250 g/mol. The Balaban J connectivity index is 2.81. The summed E-state index contributed by atoms with van der Waals surface area (Å²) in [4.78, 5) is 2.89. The standard InChI is InChI=1S/C14H22N2S/c1-4-8-16(10-14(15)17)9-13-11(2)6-5-7-12(13)3/h5-7H,4,8-10H2,1-3H3,(H2,15,17). The zero-order valence-corrected chi connectivity index (χ0v) is 11.8. The van der Waals surface area contributed by atoms with Gasteiger partial charge in [-0.3, -0.25) is 4.90 Å². The van der Waals surface area contributed by atoms with Crippen LogP contribution in [0.5, 0.6) is 0 Å². The predicted molar refractivity (Wildman–Crippen MR) is 78.3 cm³/mol. The van der Waals surface area contributed by atoms with Crippen LogP contribution < -0.4 is 5.73 Å². The molecule has 1 rings (SSSR count). The summed E-state index contributed by atoms with van der Waals surface area (Å²) in [6, 6.07) is 6.42. The maximum absolute atomic E-state index is 5.64. The zero-order chi connectivity index (χ0) is 12.8. The van der Waals surface area contributed by atoms with Crippen LogP contribution in [0.1, 0.15) is 30.0 Å². The molecule has 0 unspecified atom stereocenters. The molecule has 1 aromatic rings. The molecule has 0 aliphatic heterocycles. The lowest BCUT2D eigenvalue weighted by atomic mass is 10.0. The Morgan fingerprint density at radius 1 is 1.29 bits per heavy atom. The second kappa shape index (κ2) is 6.72. The van der Waals surface area contributed by atoms with Crippen molar-refractivity contribution in [1.82, 2.24) is 4.90 Å². The van der Waals surface area contributed by atoms with Crippen molar-refractivity contribution < 1.29 is 0 Å². The minimum absolute atomic E-state index is 0.574. The van der Waals surface area contributed by atoms with Crippen molar-refractivity contribution in [3.05, 3.63) is 34.9 Å². The van der Waals surface area contributed by atoms with E-state index in [-0.39, 0.29) is 0 Å². The van der Waals surface area contributed by atoms with Crippen molar-refractivity contribution in [1.29, 1.82) is 0 Å². The summed E-state index contributed by atoms with van der Waals surface area (Å²) in [5, 5.41) is 0. The van der Waals surface area contributed by atoms with E-state index in [1.54, 1.807) is 0 Å². The van der Waals surface area contributed by atoms with E-state index in [1.165, 1.54) is 16.7 Å². The molecule has 2 nitrogen and oxygen atoms in total. The van der Waals surface area contributed by atoms with Gasteiger partial charge in [-0.2, -0.15) is 0 Å². The molecule has 3 heteroatoms. The van der Waals surface area contributed by atoms with Crippen LogP contribution in [0.3, 0.4) is 0 Å². The average Bonchev–Trinajstić information content (AvgIpc) is 2.23. The number of nitrogens with two attached hydrogens (primary N) is 1. The number of aryl methyl sites for hydroxylation is 2. The van der Waals surface area contributed by atoms with Crippen molar-refractivity contribution in [3.8, 4) is 0 Å². The highest BCUT2D eigenvalue weighted by atomic mass is 32.1. The first kappa shape index (κ1) is 14.1. The zero-order valence-electron chi connectivity index (χ0n) is 11.0. The quantitative estimate of drug-likeness (QED) is 0.787. The second-order valence-electron chi connectivity index (χ2n) is 4.55. The van der Waals surface area contributed by atoms with Crippen molar-refractivity contribution in [2.24, 2.45) is 5.73 Å². The third-order valence-electron chi connectivity index (χ3n) is 2.95. The summed E-state index contributed by atoms with van der Waals surface area (Å²) in [6.07, 6.45) is 1.12. The van der Waals surface area contributed by atoms with E-state index in [4.69, 9.17) is 18.0 Å². The predicted octanol–water partition coefficient (Wildman–Crippen LogP) is 2.80. The first-order chi connectivity index (χ1) is 8.04. The fraction of sp³-hybridized carbons (Fsp3) is 0.500. The van der Waals surface area contributed by atoms with E-state index < -0.39 is 0 Å². The second-order valence-corrected chi connectivity index (χ2v) is 5.07. The Morgan fingerprint density at radius 3 is 2.35 bits per heavy atom. The fourth-order valence-electron chi connectivity index (χ4n) is 2.07. The molecule has 17 heavy (non-hydrogen) atoms. The molecule has 0 saturated heterocycles. The van der Waals surface area contributed by atoms with E-state index in [9.17, 15) is 0 Å². The van der Waals surface area contributed by atoms with Crippen LogP contribution in [-0.2, 0) is 6.54 Å². The van der Waals surface area contributed by atoms with Gasteiger partial charge >= 0.3 is 0 Å². The van der Waals surface area contributed by atoms with E-state index in [2.05, 4.69) is 43.9 Å². The Labute approximate surface area is 110 Å². The van der Waals surface area contributed by atoms with E-state index in [0.29, 0.717) is 11.5 Å². The molecule has 0 bridgehead atoms. The van der Waals surface area contributed by atoms with E-state index in [0.717, 1.165) is 19.5 Å². The summed E-state index contributed by atoms with van der Waals surface area (Å²) in [6.45, 7) is 9.17. The van der Waals surface area contributed by atoms with Gasteiger partial charge in [-0.25, -0.2) is 0 Å². The Morgan fingerprint density at radius 2 is 1.88 bits per heavy atom. The van der Waals surface area contributed by atoms with Gasteiger partial charge < -0.3 is 5.73 Å². The van der Waals surface area contributed by atoms with Gasteiger partial charge in [-0.05, 0) is 43.5 Å². The topological polar surface area (TPSA) is 29.3 Å². The molecule has 0 heterocycles. The maximum atomic E-state index is 5.64. The third kappa shape index (κ3) is 4.44. The molecule has 94 valence electrons. The van der Waals surface area contributed by atoms with Crippen molar-refractivity contribution in [3.63, 3.8) is 0 Å². The number of thiocarbonyl (C=S) groups is 1. The SMILES string of the molecule is CCCN(CC(N)=S)Cc1c(C)cccc1C. The Bertz CT molecular complexity index is 368. The smallest absolute Gasteiger partial charge is 0.0870 e. The van der Waals surface area contributed by atoms with E-state index >= 15 is 0 Å². The van der Waals surface area contributed by atoms with Gasteiger partial charge in [0.05, 0.1) is 4.99 Å². The molecule has 0 aliphatic rings. The molecule has 0 atom stereocenters. The highest BCUT2D eigenvalue weighted by Gasteiger charge is 2.09. The largest absolute Gasteiger partial charge is 0.392 e. The fourth-order valence-corrected chi connectivity index (χ4v) is 2.26. The molecule has 0 saturated carbocycles. The van der Waals surface area contributed by atoms with Crippen LogP contribution in [0, 0.1) is 13.8 Å². The molecule has 0 fully saturated rings. The van der Waals surface area contributed by atoms with Crippen molar-refractivity contribution >= 4 is 17.2 Å². The Kier molecular flexibility index (Phi) is 5.59. The lowest BCUT2D eigenvalue weighted by Gasteiger charge is -2.23. The van der Waals surface area contributed by atoms with Crippen molar-refractivity contribution in [2.45, 2.75) is 33.7 Å². The number of benzene rings is 1. The number of hydrogen-bond donors (Lipinski definition) is 1. The minimum atomic E-state index is 0.574. The average molecular weight is 250 g/mol. The number of hydrogen-bond acceptors (Lipinski definition) is 2. The summed E-state index contributed by atoms with van der Waals surface area (Å²) in [7, 11) is 0. The number of rotatable bonds is 6. The molecule has 0 aromatic heterocycles. The summed E-state index contributed by atoms with van der Waals surface area (Å²) in [5.74, 6) is 0. The first-order valence-electron chi connectivity index (χ1n) is 6.10. The van der Waals surface area contributed by atoms with Crippen LogP contribution in [0.2, 0.25) is 0 Å². The minimum Gasteiger partial charge on any atom is -0.392 e. The molecule has 0 spiro atoms. The number of nitrogens with zero attached hydrogens (tertiary/aromatic N) is 1. The van der Waals surface area contributed by atoms with Crippen LogP contribution >= 0.6 is 12.2 Å². The van der Waals surface area contributed by atoms with Gasteiger partial charge in [0, 0.05) is 13.1 Å². The van der Waals surface area contributed by atoms with Crippen LogP contribution in [-0.4, -0.2) is 23.0 Å². The molecule has 0 aliphatic carbocycles. The van der Waals surface area contributed by atoms with Crippen molar-refractivity contribution in [2.75, 3.05) is 13.1 Å². The van der Waals surface area contributed by atoms with Gasteiger partial charge in [-0.1, -0.05) is 37.3 Å². The lowest BCUT2D eigenvalue weighted by Crippen LogP contribution is -2.33. The molecular formula is C14H22N2S. The Hall–Kier alpha value is -0.930. The molecular weight excluding hydrogens is 228 g/mol. The van der Waals surface area contributed by atoms with E-state index in [1.807, 2.05) is 0 Å². The van der Waals surface area contributed by atoms with Gasteiger partial charge in [0.15, 0.2) is 0 Å². The van der Waals surface area contributed by atoms with Gasteiger partial charge in [-0.15, -0.1) is 0 Å². The third-order valence-corrected chi connectivity index (χ3v) is 3.07. The lowest BCUT2D eigenvalue weighted by molar-refractivity contribution is 0.303. The first-order valence-corrected chi connectivity index (χ1v) is 6.51. The normalized spacial score (nSPS) is 10.8. The molecule has 1 aromatic carbocycles. The highest BCUT2D eigenvalue weighted by Crippen LogP contribution is 2.15. The van der Waals surface area contributed by atoms with Crippen LogP contribution in [0.4, 0.5) is 0 Å². The van der Waals surface area contributed by atoms with Gasteiger partial charge in [0.2, 0.25) is 0 Å². The van der Waals surface area contributed by atoms with Crippen LogP contribution in [0.15, 0.2) is 18.2 Å². The summed E-state index contributed by atoms with van der Waals surface area (Å²) >= 11 is 5.00. The summed E-state index contributed by atoms with van der Waals surface area (Å²) < 4.78 is 0. The van der Waals surface area contributed by atoms with Gasteiger partial charge in [0.25, 0.3) is 0 Å². The molecule has 0 amide bonds. The maximum Gasteiger partial charge on any atom is 0.0870 e. The molecule has 2 N–H and O–H groups in total. The highest BCUT2D eigenvalue weighted by molar-refractivity contribution is 7.80. The van der Waals surface area contributed by atoms with Gasteiger partial charge in [0.1, 0.15) is 0 Å². The van der Waals surface area contributed by atoms with Crippen LogP contribution in [0.25, 0.3) is 0 Å².